The van der Waals surface area contributed by atoms with Crippen molar-refractivity contribution in [3.05, 3.63) is 42.0 Å². The van der Waals surface area contributed by atoms with Gasteiger partial charge < -0.3 is 18.6 Å². The highest BCUT2D eigenvalue weighted by Crippen LogP contribution is 2.50. The van der Waals surface area contributed by atoms with Crippen LogP contribution in [0.2, 0.25) is 0 Å². The fourth-order valence-electron chi connectivity index (χ4n) is 3.61. The van der Waals surface area contributed by atoms with Crippen LogP contribution in [0.25, 0.3) is 21.9 Å². The number of carbonyl (C=O) groups is 1. The summed E-state index contributed by atoms with van der Waals surface area (Å²) in [5, 5.41) is 1.89. The molecular formula is C18H14O5. The molecule has 0 saturated carbocycles. The molecule has 0 aliphatic carbocycles. The van der Waals surface area contributed by atoms with E-state index in [1.807, 2.05) is 50.2 Å². The third kappa shape index (κ3) is 1.59. The number of carbonyl (C=O) groups excluding carboxylic acids is 1. The van der Waals surface area contributed by atoms with Crippen molar-refractivity contribution < 1.29 is 23.4 Å². The van der Waals surface area contributed by atoms with Gasteiger partial charge in [-0.25, -0.2) is 4.79 Å². The van der Waals surface area contributed by atoms with Crippen molar-refractivity contribution in [3.8, 4) is 5.75 Å². The smallest absolute Gasteiger partial charge is 0.483 e. The van der Waals surface area contributed by atoms with Gasteiger partial charge in [-0.1, -0.05) is 18.2 Å². The van der Waals surface area contributed by atoms with Crippen molar-refractivity contribution >= 4 is 28.1 Å². The third-order valence-electron chi connectivity index (χ3n) is 4.61. The van der Waals surface area contributed by atoms with Crippen LogP contribution in [-0.4, -0.2) is 17.9 Å². The van der Waals surface area contributed by atoms with E-state index in [0.717, 1.165) is 27.5 Å². The Balaban J connectivity index is 1.88. The molecule has 1 aromatic heterocycles. The maximum absolute atomic E-state index is 11.7. The van der Waals surface area contributed by atoms with Gasteiger partial charge in [0.2, 0.25) is 0 Å². The van der Waals surface area contributed by atoms with Crippen LogP contribution in [-0.2, 0) is 9.47 Å². The summed E-state index contributed by atoms with van der Waals surface area (Å²) in [7, 11) is 0. The van der Waals surface area contributed by atoms with Crippen molar-refractivity contribution in [1.82, 2.24) is 0 Å². The first kappa shape index (κ1) is 12.8. The number of hydrogen-bond donors (Lipinski definition) is 0. The van der Waals surface area contributed by atoms with Gasteiger partial charge in [0.1, 0.15) is 22.5 Å². The highest BCUT2D eigenvalue weighted by atomic mass is 16.8. The molecule has 2 aliphatic rings. The highest BCUT2D eigenvalue weighted by Gasteiger charge is 2.54. The number of rotatable bonds is 0. The first-order valence-corrected chi connectivity index (χ1v) is 7.55. The fraction of sp³-hybridized carbons (Fsp3) is 0.278. The Morgan fingerprint density at radius 3 is 2.70 bits per heavy atom. The van der Waals surface area contributed by atoms with Gasteiger partial charge in [-0.15, -0.1) is 0 Å². The van der Waals surface area contributed by atoms with Crippen molar-refractivity contribution in [1.29, 1.82) is 0 Å². The van der Waals surface area contributed by atoms with Crippen LogP contribution >= 0.6 is 0 Å². The van der Waals surface area contributed by atoms with Crippen LogP contribution in [0, 0.1) is 0 Å². The van der Waals surface area contributed by atoms with Gasteiger partial charge in [0.15, 0.2) is 12.2 Å². The topological polar surface area (TPSA) is 57.9 Å². The van der Waals surface area contributed by atoms with Gasteiger partial charge in [0, 0.05) is 10.8 Å². The molecule has 0 unspecified atom stereocenters. The zero-order valence-electron chi connectivity index (χ0n) is 12.7. The van der Waals surface area contributed by atoms with Gasteiger partial charge in [-0.2, -0.15) is 0 Å². The average molecular weight is 310 g/mol. The molecule has 5 rings (SSSR count). The second-order valence-corrected chi connectivity index (χ2v) is 6.48. The second-order valence-electron chi connectivity index (χ2n) is 6.48. The minimum Gasteiger partial charge on any atom is -0.483 e. The molecule has 3 heterocycles. The lowest BCUT2D eigenvalue weighted by Crippen LogP contribution is -2.47. The largest absolute Gasteiger partial charge is 0.509 e. The van der Waals surface area contributed by atoms with Crippen LogP contribution < -0.4 is 4.74 Å². The number of para-hydroxylation sites is 1. The van der Waals surface area contributed by atoms with Gasteiger partial charge in [0.25, 0.3) is 0 Å². The Morgan fingerprint density at radius 2 is 1.83 bits per heavy atom. The minimum absolute atomic E-state index is 0.484. The minimum atomic E-state index is -0.658. The Bertz CT molecular complexity index is 968. The van der Waals surface area contributed by atoms with Crippen molar-refractivity contribution in [2.75, 3.05) is 0 Å². The van der Waals surface area contributed by atoms with Crippen LogP contribution in [0.4, 0.5) is 4.79 Å². The summed E-state index contributed by atoms with van der Waals surface area (Å²) in [6, 6.07) is 11.6. The molecule has 5 nitrogen and oxygen atoms in total. The molecule has 0 spiro atoms. The number of ether oxygens (including phenoxy) is 3. The lowest BCUT2D eigenvalue weighted by Gasteiger charge is -2.38. The molecule has 5 heteroatoms. The molecule has 23 heavy (non-hydrogen) atoms. The lowest BCUT2D eigenvalue weighted by molar-refractivity contribution is -0.0496. The van der Waals surface area contributed by atoms with Crippen LogP contribution in [0.15, 0.2) is 40.8 Å². The van der Waals surface area contributed by atoms with Crippen molar-refractivity contribution in [2.24, 2.45) is 0 Å². The third-order valence-corrected chi connectivity index (χ3v) is 4.61. The van der Waals surface area contributed by atoms with E-state index in [-0.39, 0.29) is 0 Å². The quantitative estimate of drug-likeness (QED) is 0.578. The summed E-state index contributed by atoms with van der Waals surface area (Å²) in [5.41, 5.74) is 1.71. The van der Waals surface area contributed by atoms with E-state index < -0.39 is 24.0 Å². The van der Waals surface area contributed by atoms with Crippen molar-refractivity contribution in [2.45, 2.75) is 31.7 Å². The molecular weight excluding hydrogens is 296 g/mol. The fourth-order valence-corrected chi connectivity index (χ4v) is 3.61. The number of furan rings is 1. The first-order valence-electron chi connectivity index (χ1n) is 7.55. The van der Waals surface area contributed by atoms with E-state index in [4.69, 9.17) is 18.6 Å². The van der Waals surface area contributed by atoms with Gasteiger partial charge in [-0.05, 0) is 32.0 Å². The van der Waals surface area contributed by atoms with E-state index in [2.05, 4.69) is 0 Å². The predicted molar refractivity (Wildman–Crippen MR) is 82.5 cm³/mol. The average Bonchev–Trinajstić information content (AvgIpc) is 3.07. The van der Waals surface area contributed by atoms with Gasteiger partial charge in [0.05, 0.1) is 5.56 Å². The summed E-state index contributed by atoms with van der Waals surface area (Å²) in [5.74, 6) is 0.702. The molecule has 2 aromatic carbocycles. The molecule has 1 saturated heterocycles. The monoisotopic (exact) mass is 310 g/mol. The molecule has 0 amide bonds. The Labute approximate surface area is 131 Å². The molecule has 0 N–H and O–H groups in total. The maximum atomic E-state index is 11.7. The van der Waals surface area contributed by atoms with Gasteiger partial charge in [-0.3, -0.25) is 0 Å². The lowest BCUT2D eigenvalue weighted by atomic mass is 9.86. The zero-order valence-corrected chi connectivity index (χ0v) is 12.7. The zero-order chi connectivity index (χ0) is 15.8. The van der Waals surface area contributed by atoms with E-state index >= 15 is 0 Å². The van der Waals surface area contributed by atoms with Gasteiger partial charge >= 0.3 is 6.16 Å². The maximum Gasteiger partial charge on any atom is 0.509 e. The molecule has 3 aromatic rings. The molecule has 0 bridgehead atoms. The molecule has 0 radical (unpaired) electrons. The summed E-state index contributed by atoms with van der Waals surface area (Å²) in [6.07, 6.45) is -1.64. The van der Waals surface area contributed by atoms with E-state index in [1.165, 1.54) is 0 Å². The van der Waals surface area contributed by atoms with E-state index in [0.29, 0.717) is 5.75 Å². The summed E-state index contributed by atoms with van der Waals surface area (Å²) in [4.78, 5) is 11.7. The predicted octanol–water partition coefficient (Wildman–Crippen LogP) is 4.33. The van der Waals surface area contributed by atoms with E-state index in [9.17, 15) is 4.79 Å². The Hall–Kier alpha value is -2.69. The normalized spacial score (nSPS) is 24.7. The van der Waals surface area contributed by atoms with E-state index in [1.54, 1.807) is 0 Å². The molecule has 2 atom stereocenters. The molecule has 1 fully saturated rings. The van der Waals surface area contributed by atoms with Crippen LogP contribution in [0.1, 0.15) is 25.5 Å². The molecule has 116 valence electrons. The summed E-state index contributed by atoms with van der Waals surface area (Å²) >= 11 is 0. The second kappa shape index (κ2) is 3.98. The van der Waals surface area contributed by atoms with Crippen LogP contribution in [0.3, 0.4) is 0 Å². The summed E-state index contributed by atoms with van der Waals surface area (Å²) < 4.78 is 22.8. The summed E-state index contributed by atoms with van der Waals surface area (Å²) in [6.45, 7) is 3.79. The standard InChI is InChI=1S/C18H14O5/c1-18(2)16-15(21-17(19)22-16)14-12(23-18)8-7-11-13(14)9-5-3-4-6-10(9)20-11/h3-8,15-16H,1-2H3/t15-,16-/m1/s1. The number of hydrogen-bond acceptors (Lipinski definition) is 5. The Kier molecular flexibility index (Phi) is 2.22. The number of fused-ring (bicyclic) bond motifs is 7. The molecule has 2 aliphatic heterocycles. The van der Waals surface area contributed by atoms with Crippen molar-refractivity contribution in [3.63, 3.8) is 0 Å². The SMILES string of the molecule is CC1(C)Oc2ccc3oc4ccccc4c3c2[C@H]2OC(=O)O[C@H]21. The highest BCUT2D eigenvalue weighted by molar-refractivity contribution is 6.08. The van der Waals surface area contributed by atoms with Crippen LogP contribution in [0.5, 0.6) is 5.75 Å². The Morgan fingerprint density at radius 1 is 1.00 bits per heavy atom. The first-order chi connectivity index (χ1) is 11.0. The number of benzene rings is 2.